The van der Waals surface area contributed by atoms with E-state index in [1.807, 2.05) is 6.07 Å². The van der Waals surface area contributed by atoms with Crippen molar-refractivity contribution in [2.45, 2.75) is 0 Å². The molecule has 0 aromatic heterocycles. The van der Waals surface area contributed by atoms with Crippen LogP contribution in [-0.4, -0.2) is 0 Å². The summed E-state index contributed by atoms with van der Waals surface area (Å²) in [5.41, 5.74) is 13.4. The molecule has 0 aliphatic carbocycles. The highest BCUT2D eigenvalue weighted by molar-refractivity contribution is 6.26. The topological polar surface area (TPSA) is 52.0 Å². The Morgan fingerprint density at radius 2 is 1.33 bits per heavy atom. The Labute approximate surface area is 104 Å². The second-order valence-corrected chi connectivity index (χ2v) is 4.74. The minimum Gasteiger partial charge on any atom is -0.397 e. The smallest absolute Gasteiger partial charge is 0.0628 e. The minimum atomic E-state index is 0.654. The zero-order valence-corrected chi connectivity index (χ0v) is 9.77. The standard InChI is InChI=1S/C16H12N2/c17-13-8-11-5-4-9-2-1-3-10-6-7-12(16(13)18)15(11)14(9)10/h1-8H,17-18H2. The van der Waals surface area contributed by atoms with Crippen LogP contribution in [0.4, 0.5) is 11.4 Å². The first-order valence-electron chi connectivity index (χ1n) is 5.97. The molecule has 4 N–H and O–H groups in total. The van der Waals surface area contributed by atoms with Crippen molar-refractivity contribution in [2.24, 2.45) is 0 Å². The second kappa shape index (κ2) is 3.05. The van der Waals surface area contributed by atoms with Crippen LogP contribution in [0.5, 0.6) is 0 Å². The summed E-state index contributed by atoms with van der Waals surface area (Å²) in [6, 6.07) is 16.7. The van der Waals surface area contributed by atoms with Crippen LogP contribution in [0.3, 0.4) is 0 Å². The monoisotopic (exact) mass is 232 g/mol. The SMILES string of the molecule is Nc1cc2ccc3cccc4ccc(c1N)c2c34. The average molecular weight is 232 g/mol. The van der Waals surface area contributed by atoms with Gasteiger partial charge in [0.15, 0.2) is 0 Å². The van der Waals surface area contributed by atoms with Crippen molar-refractivity contribution >= 4 is 43.7 Å². The van der Waals surface area contributed by atoms with Crippen LogP contribution in [0.25, 0.3) is 32.3 Å². The van der Waals surface area contributed by atoms with E-state index in [2.05, 4.69) is 42.5 Å². The Hall–Kier alpha value is -2.48. The molecule has 0 saturated heterocycles. The van der Waals surface area contributed by atoms with Crippen molar-refractivity contribution in [3.05, 3.63) is 48.5 Å². The number of hydrogen-bond donors (Lipinski definition) is 2. The molecular weight excluding hydrogens is 220 g/mol. The van der Waals surface area contributed by atoms with Gasteiger partial charge in [-0.1, -0.05) is 42.5 Å². The number of benzene rings is 4. The molecular formula is C16H12N2. The van der Waals surface area contributed by atoms with Gasteiger partial charge in [-0.2, -0.15) is 0 Å². The molecule has 4 aromatic carbocycles. The third kappa shape index (κ3) is 1.02. The van der Waals surface area contributed by atoms with Gasteiger partial charge in [0, 0.05) is 5.39 Å². The lowest BCUT2D eigenvalue weighted by atomic mass is 9.93. The molecule has 2 nitrogen and oxygen atoms in total. The molecule has 0 unspecified atom stereocenters. The maximum Gasteiger partial charge on any atom is 0.0628 e. The van der Waals surface area contributed by atoms with Crippen LogP contribution in [-0.2, 0) is 0 Å². The highest BCUT2D eigenvalue weighted by Gasteiger charge is 2.11. The molecule has 0 heterocycles. The molecule has 4 aromatic rings. The largest absolute Gasteiger partial charge is 0.397 e. The molecule has 2 heteroatoms. The quantitative estimate of drug-likeness (QED) is 0.358. The van der Waals surface area contributed by atoms with E-state index >= 15 is 0 Å². The first kappa shape index (κ1) is 9.54. The van der Waals surface area contributed by atoms with E-state index in [1.165, 1.54) is 21.5 Å². The van der Waals surface area contributed by atoms with Crippen LogP contribution >= 0.6 is 0 Å². The Morgan fingerprint density at radius 1 is 0.667 bits per heavy atom. The zero-order chi connectivity index (χ0) is 12.3. The molecule has 86 valence electrons. The molecule has 0 aliphatic heterocycles. The number of hydrogen-bond acceptors (Lipinski definition) is 2. The summed E-state index contributed by atoms with van der Waals surface area (Å²) >= 11 is 0. The van der Waals surface area contributed by atoms with Gasteiger partial charge < -0.3 is 11.5 Å². The lowest BCUT2D eigenvalue weighted by Crippen LogP contribution is -1.96. The van der Waals surface area contributed by atoms with E-state index in [1.54, 1.807) is 0 Å². The van der Waals surface area contributed by atoms with E-state index in [9.17, 15) is 0 Å². The normalized spacial score (nSPS) is 11.8. The van der Waals surface area contributed by atoms with Crippen molar-refractivity contribution in [1.29, 1.82) is 0 Å². The average Bonchev–Trinajstić information content (AvgIpc) is 2.40. The number of nitrogen functional groups attached to an aromatic ring is 2. The van der Waals surface area contributed by atoms with Gasteiger partial charge in [0.25, 0.3) is 0 Å². The van der Waals surface area contributed by atoms with Crippen molar-refractivity contribution in [1.82, 2.24) is 0 Å². The van der Waals surface area contributed by atoms with Crippen molar-refractivity contribution in [2.75, 3.05) is 11.5 Å². The summed E-state index contributed by atoms with van der Waals surface area (Å²) in [5, 5.41) is 7.19. The number of nitrogens with two attached hydrogens (primary N) is 2. The molecule has 0 aliphatic rings. The Balaban J connectivity index is 2.46. The first-order valence-corrected chi connectivity index (χ1v) is 5.97. The van der Waals surface area contributed by atoms with Gasteiger partial charge in [0.05, 0.1) is 11.4 Å². The fourth-order valence-corrected chi connectivity index (χ4v) is 2.85. The minimum absolute atomic E-state index is 0.654. The molecule has 4 rings (SSSR count). The third-order valence-corrected chi connectivity index (χ3v) is 3.72. The lowest BCUT2D eigenvalue weighted by molar-refractivity contribution is 1.74. The Bertz CT molecular complexity index is 878. The summed E-state index contributed by atoms with van der Waals surface area (Å²) in [6.45, 7) is 0. The molecule has 0 spiro atoms. The molecule has 0 amide bonds. The highest BCUT2D eigenvalue weighted by Crippen LogP contribution is 2.39. The maximum absolute atomic E-state index is 6.10. The van der Waals surface area contributed by atoms with E-state index < -0.39 is 0 Å². The van der Waals surface area contributed by atoms with Gasteiger partial charge in [0.2, 0.25) is 0 Å². The van der Waals surface area contributed by atoms with Gasteiger partial charge in [-0.15, -0.1) is 0 Å². The van der Waals surface area contributed by atoms with Crippen LogP contribution in [0, 0.1) is 0 Å². The van der Waals surface area contributed by atoms with Gasteiger partial charge in [-0.25, -0.2) is 0 Å². The Morgan fingerprint density at radius 3 is 2.11 bits per heavy atom. The summed E-state index contributed by atoms with van der Waals surface area (Å²) < 4.78 is 0. The van der Waals surface area contributed by atoms with Gasteiger partial charge >= 0.3 is 0 Å². The molecule has 0 saturated carbocycles. The van der Waals surface area contributed by atoms with E-state index in [0.29, 0.717) is 11.4 Å². The maximum atomic E-state index is 6.10. The van der Waals surface area contributed by atoms with Crippen molar-refractivity contribution in [3.63, 3.8) is 0 Å². The van der Waals surface area contributed by atoms with Crippen LogP contribution in [0.1, 0.15) is 0 Å². The van der Waals surface area contributed by atoms with Crippen LogP contribution in [0.2, 0.25) is 0 Å². The van der Waals surface area contributed by atoms with Crippen molar-refractivity contribution < 1.29 is 0 Å². The molecule has 0 atom stereocenters. The molecule has 0 fully saturated rings. The van der Waals surface area contributed by atoms with Crippen molar-refractivity contribution in [3.8, 4) is 0 Å². The van der Waals surface area contributed by atoms with Gasteiger partial charge in [0.1, 0.15) is 0 Å². The molecule has 18 heavy (non-hydrogen) atoms. The summed E-state index contributed by atoms with van der Waals surface area (Å²) in [6.07, 6.45) is 0. The highest BCUT2D eigenvalue weighted by atomic mass is 14.7. The van der Waals surface area contributed by atoms with Gasteiger partial charge in [-0.05, 0) is 33.0 Å². The van der Waals surface area contributed by atoms with Gasteiger partial charge in [-0.3, -0.25) is 0 Å². The second-order valence-electron chi connectivity index (χ2n) is 4.74. The van der Waals surface area contributed by atoms with E-state index in [4.69, 9.17) is 11.5 Å². The summed E-state index contributed by atoms with van der Waals surface area (Å²) in [4.78, 5) is 0. The fourth-order valence-electron chi connectivity index (χ4n) is 2.85. The number of rotatable bonds is 0. The van der Waals surface area contributed by atoms with Crippen LogP contribution < -0.4 is 11.5 Å². The Kier molecular flexibility index (Phi) is 1.61. The molecule has 0 bridgehead atoms. The zero-order valence-electron chi connectivity index (χ0n) is 9.77. The lowest BCUT2D eigenvalue weighted by Gasteiger charge is -2.13. The fraction of sp³-hybridized carbons (Fsp3) is 0. The van der Waals surface area contributed by atoms with E-state index in [-0.39, 0.29) is 0 Å². The molecule has 0 radical (unpaired) electrons. The predicted molar refractivity (Wildman–Crippen MR) is 79.0 cm³/mol. The summed E-state index contributed by atoms with van der Waals surface area (Å²) in [7, 11) is 0. The van der Waals surface area contributed by atoms with E-state index in [0.717, 1.165) is 10.8 Å². The first-order chi connectivity index (χ1) is 8.75. The predicted octanol–water partition coefficient (Wildman–Crippen LogP) is 3.75. The number of anilines is 2. The van der Waals surface area contributed by atoms with Crippen LogP contribution in [0.15, 0.2) is 48.5 Å². The summed E-state index contributed by atoms with van der Waals surface area (Å²) in [5.74, 6) is 0. The third-order valence-electron chi connectivity index (χ3n) is 3.72.